The predicted octanol–water partition coefficient (Wildman–Crippen LogP) is 4.06. The van der Waals surface area contributed by atoms with Crippen LogP contribution in [0, 0.1) is 0 Å². The van der Waals surface area contributed by atoms with Crippen LogP contribution in [-0.4, -0.2) is 58.7 Å². The van der Waals surface area contributed by atoms with Crippen molar-refractivity contribution in [3.63, 3.8) is 0 Å². The van der Waals surface area contributed by atoms with Crippen LogP contribution in [0.25, 0.3) is 28.0 Å². The van der Waals surface area contributed by atoms with Gasteiger partial charge >= 0.3 is 0 Å². The Kier molecular flexibility index (Phi) is 6.79. The van der Waals surface area contributed by atoms with Gasteiger partial charge in [-0.05, 0) is 32.3 Å². The predicted molar refractivity (Wildman–Crippen MR) is 150 cm³/mol. The number of anilines is 1. The molecular formula is C29H29N9O2. The molecule has 1 aliphatic rings. The van der Waals surface area contributed by atoms with E-state index >= 15 is 0 Å². The molecule has 5 heterocycles. The molecule has 0 aliphatic carbocycles. The van der Waals surface area contributed by atoms with E-state index in [1.165, 1.54) is 6.33 Å². The lowest BCUT2D eigenvalue weighted by molar-refractivity contribution is 0.0767. The van der Waals surface area contributed by atoms with Crippen molar-refractivity contribution in [3.8, 4) is 22.4 Å². The molecule has 3 N–H and O–H groups in total. The maximum Gasteiger partial charge on any atom is 0.295 e. The number of hydrogen-bond donors (Lipinski definition) is 2. The smallest absolute Gasteiger partial charge is 0.295 e. The van der Waals surface area contributed by atoms with Gasteiger partial charge in [0.05, 0.1) is 24.2 Å². The summed E-state index contributed by atoms with van der Waals surface area (Å²) in [5, 5.41) is 11.0. The summed E-state index contributed by atoms with van der Waals surface area (Å²) in [7, 11) is 1.63. The molecule has 1 unspecified atom stereocenters. The fourth-order valence-corrected chi connectivity index (χ4v) is 5.21. The number of aromatic nitrogens is 7. The number of nitrogen functional groups attached to an aromatic ring is 1. The van der Waals surface area contributed by atoms with Gasteiger partial charge in [-0.1, -0.05) is 42.0 Å². The molecule has 0 radical (unpaired) electrons. The highest BCUT2D eigenvalue weighted by Gasteiger charge is 2.30. The summed E-state index contributed by atoms with van der Waals surface area (Å²) >= 11 is 0. The molecule has 0 spiro atoms. The van der Waals surface area contributed by atoms with Crippen molar-refractivity contribution < 1.29 is 9.53 Å². The molecule has 1 aromatic carbocycles. The number of aryl methyl sites for hydroxylation is 1. The van der Waals surface area contributed by atoms with Crippen molar-refractivity contribution in [3.05, 3.63) is 90.0 Å². The first-order valence-corrected chi connectivity index (χ1v) is 13.0. The Labute approximate surface area is 230 Å². The van der Waals surface area contributed by atoms with E-state index < -0.39 is 0 Å². The van der Waals surface area contributed by atoms with Crippen LogP contribution < -0.4 is 5.73 Å². The summed E-state index contributed by atoms with van der Waals surface area (Å²) in [6.45, 7) is 2.32. The molecule has 4 aromatic heterocycles. The Morgan fingerprint density at radius 2 is 1.98 bits per heavy atom. The first kappa shape index (κ1) is 25.4. The molecule has 6 rings (SSSR count). The second-order valence-electron chi connectivity index (χ2n) is 9.87. The average Bonchev–Trinajstić information content (AvgIpc) is 3.74. The summed E-state index contributed by atoms with van der Waals surface area (Å²) in [4.78, 5) is 28.5. The lowest BCUT2D eigenvalue weighted by Gasteiger charge is -2.23. The van der Waals surface area contributed by atoms with Gasteiger partial charge in [-0.15, -0.1) is 0 Å². The zero-order valence-electron chi connectivity index (χ0n) is 22.3. The van der Waals surface area contributed by atoms with Crippen LogP contribution in [0.2, 0.25) is 0 Å². The van der Waals surface area contributed by atoms with E-state index in [1.54, 1.807) is 22.7 Å². The van der Waals surface area contributed by atoms with E-state index in [2.05, 4.69) is 25.3 Å². The second-order valence-corrected chi connectivity index (χ2v) is 9.87. The van der Waals surface area contributed by atoms with Gasteiger partial charge in [0.15, 0.2) is 5.65 Å². The number of ether oxygens (including phenoxy) is 1. The topological polar surface area (TPSA) is 140 Å². The fraction of sp³-hybridized carbons (Fsp3) is 0.241. The van der Waals surface area contributed by atoms with Crippen LogP contribution in [-0.2, 0) is 17.8 Å². The third-order valence-electron chi connectivity index (χ3n) is 7.18. The molecule has 1 amide bonds. The average molecular weight is 536 g/mol. The fourth-order valence-electron chi connectivity index (χ4n) is 5.21. The lowest BCUT2D eigenvalue weighted by Crippen LogP contribution is -2.34. The normalized spacial score (nSPS) is 15.1. The SMILES string of the molecule is COCc1c(CCC2CC(C)=CN2C(=O)c2ncn[nH]2)nc2c(-c3ccc(-c4ccccc4)nc3)cnn2c1N. The molecule has 40 heavy (non-hydrogen) atoms. The minimum atomic E-state index is -0.205. The third kappa shape index (κ3) is 4.71. The molecule has 1 atom stereocenters. The number of pyridine rings is 1. The number of hydrogen-bond acceptors (Lipinski definition) is 8. The standard InChI is InChI=1S/C29H29N9O2/c1-18-12-21(37(15-18)29(39)27-32-17-33-36-27)9-11-25-23(16-40-2)26(30)38-28(35-25)22(14-34-38)20-8-10-24(31-13-20)19-6-4-3-5-7-19/h3-8,10,13-15,17,21H,9,11-12,16,30H2,1-2H3,(H,32,33,36). The van der Waals surface area contributed by atoms with Gasteiger partial charge in [-0.2, -0.15) is 14.7 Å². The van der Waals surface area contributed by atoms with Crippen LogP contribution in [0.15, 0.2) is 73.0 Å². The minimum Gasteiger partial charge on any atom is -0.383 e. The van der Waals surface area contributed by atoms with Crippen LogP contribution in [0.5, 0.6) is 0 Å². The number of carbonyl (C=O) groups excluding carboxylic acids is 1. The number of aromatic amines is 1. The first-order valence-electron chi connectivity index (χ1n) is 13.0. The Hall–Kier alpha value is -4.90. The molecule has 0 fully saturated rings. The van der Waals surface area contributed by atoms with E-state index in [4.69, 9.17) is 15.5 Å². The zero-order valence-corrected chi connectivity index (χ0v) is 22.3. The summed E-state index contributed by atoms with van der Waals surface area (Å²) in [5.74, 6) is 0.497. The Bertz CT molecular complexity index is 1680. The van der Waals surface area contributed by atoms with Crippen molar-refractivity contribution in [2.45, 2.75) is 38.8 Å². The summed E-state index contributed by atoms with van der Waals surface area (Å²) < 4.78 is 7.13. The van der Waals surface area contributed by atoms with Crippen molar-refractivity contribution >= 4 is 17.4 Å². The lowest BCUT2D eigenvalue weighted by atomic mass is 10.0. The zero-order chi connectivity index (χ0) is 27.6. The van der Waals surface area contributed by atoms with Crippen molar-refractivity contribution in [2.24, 2.45) is 0 Å². The highest BCUT2D eigenvalue weighted by atomic mass is 16.5. The molecule has 0 saturated carbocycles. The first-order chi connectivity index (χ1) is 19.5. The summed E-state index contributed by atoms with van der Waals surface area (Å²) in [6, 6.07) is 14.0. The molecule has 11 nitrogen and oxygen atoms in total. The van der Waals surface area contributed by atoms with Crippen molar-refractivity contribution in [1.82, 2.24) is 39.7 Å². The van der Waals surface area contributed by atoms with Gasteiger partial charge in [0, 0.05) is 47.8 Å². The molecular weight excluding hydrogens is 506 g/mol. The van der Waals surface area contributed by atoms with Crippen LogP contribution >= 0.6 is 0 Å². The maximum atomic E-state index is 13.0. The van der Waals surface area contributed by atoms with Crippen LogP contribution in [0.3, 0.4) is 0 Å². The molecule has 5 aromatic rings. The second kappa shape index (κ2) is 10.7. The van der Waals surface area contributed by atoms with E-state index in [1.807, 2.05) is 61.8 Å². The number of H-pyrrole nitrogens is 1. The van der Waals surface area contributed by atoms with Crippen LogP contribution in [0.4, 0.5) is 5.82 Å². The monoisotopic (exact) mass is 535 g/mol. The Balaban J connectivity index is 1.30. The molecule has 0 saturated heterocycles. The van der Waals surface area contributed by atoms with Crippen molar-refractivity contribution in [2.75, 3.05) is 12.8 Å². The Morgan fingerprint density at radius 1 is 1.12 bits per heavy atom. The van der Waals surface area contributed by atoms with E-state index in [0.29, 0.717) is 30.9 Å². The van der Waals surface area contributed by atoms with Crippen molar-refractivity contribution in [1.29, 1.82) is 0 Å². The number of nitrogens with two attached hydrogens (primary N) is 1. The van der Waals surface area contributed by atoms with E-state index in [-0.39, 0.29) is 17.8 Å². The number of fused-ring (bicyclic) bond motifs is 1. The van der Waals surface area contributed by atoms with Gasteiger partial charge in [-0.3, -0.25) is 14.9 Å². The molecule has 0 bridgehead atoms. The number of nitrogens with zero attached hydrogens (tertiary/aromatic N) is 7. The highest BCUT2D eigenvalue weighted by molar-refractivity contribution is 5.91. The number of amides is 1. The van der Waals surface area contributed by atoms with Gasteiger partial charge in [0.25, 0.3) is 5.91 Å². The van der Waals surface area contributed by atoms with Gasteiger partial charge < -0.3 is 15.4 Å². The number of carbonyl (C=O) groups is 1. The highest BCUT2D eigenvalue weighted by Crippen LogP contribution is 2.31. The molecule has 1 aliphatic heterocycles. The van der Waals surface area contributed by atoms with E-state index in [9.17, 15) is 4.79 Å². The van der Waals surface area contributed by atoms with Crippen LogP contribution in [0.1, 0.15) is 41.6 Å². The van der Waals surface area contributed by atoms with Gasteiger partial charge in [0.2, 0.25) is 5.82 Å². The number of benzene rings is 1. The molecule has 202 valence electrons. The summed E-state index contributed by atoms with van der Waals surface area (Å²) in [6.07, 6.45) is 8.87. The third-order valence-corrected chi connectivity index (χ3v) is 7.18. The molecule has 11 heteroatoms. The Morgan fingerprint density at radius 3 is 2.70 bits per heavy atom. The summed E-state index contributed by atoms with van der Waals surface area (Å²) in [5.41, 5.74) is 13.7. The van der Waals surface area contributed by atoms with Gasteiger partial charge in [-0.25, -0.2) is 9.97 Å². The quantitative estimate of drug-likeness (QED) is 0.303. The number of rotatable bonds is 8. The maximum absolute atomic E-state index is 13.0. The number of methoxy groups -OCH3 is 1. The largest absolute Gasteiger partial charge is 0.383 e. The van der Waals surface area contributed by atoms with Gasteiger partial charge in [0.1, 0.15) is 12.1 Å². The number of nitrogens with one attached hydrogen (secondary N) is 1. The minimum absolute atomic E-state index is 0.0358. The van der Waals surface area contributed by atoms with E-state index in [0.717, 1.165) is 45.6 Å².